The Kier molecular flexibility index (Phi) is 5.34. The van der Waals surface area contributed by atoms with E-state index in [1.807, 2.05) is 0 Å². The van der Waals surface area contributed by atoms with E-state index in [0.717, 1.165) is 6.42 Å². The van der Waals surface area contributed by atoms with Crippen molar-refractivity contribution in [3.05, 3.63) is 103 Å². The molecule has 1 heteroatoms. The zero-order chi connectivity index (χ0) is 19.3. The Labute approximate surface area is 167 Å². The smallest absolute Gasteiger partial charge is 0.189 e. The molecule has 0 saturated carbocycles. The Morgan fingerprint density at radius 1 is 0.571 bits per heavy atom. The first-order chi connectivity index (χ1) is 13.8. The molecule has 138 valence electrons. The molecule has 0 spiro atoms. The fourth-order valence-electron chi connectivity index (χ4n) is 3.72. The maximum atomic E-state index is 2.50. The molecule has 1 aromatic heterocycles. The Balaban J connectivity index is 2.05. The summed E-state index contributed by atoms with van der Waals surface area (Å²) < 4.78 is 2.50. The molecule has 0 unspecified atom stereocenters. The monoisotopic (exact) mass is 364 g/mol. The number of pyridine rings is 1. The molecule has 0 radical (unpaired) electrons. The second-order valence-corrected chi connectivity index (χ2v) is 7.24. The van der Waals surface area contributed by atoms with Gasteiger partial charge in [-0.05, 0) is 42.3 Å². The summed E-state index contributed by atoms with van der Waals surface area (Å²) in [5.74, 6) is 0. The molecule has 0 bridgehead atoms. The molecule has 28 heavy (non-hydrogen) atoms. The van der Waals surface area contributed by atoms with Gasteiger partial charge in [0.2, 0.25) is 11.4 Å². The predicted octanol–water partition coefficient (Wildman–Crippen LogP) is 6.95. The highest BCUT2D eigenvalue weighted by atomic mass is 15.0. The first-order valence-electron chi connectivity index (χ1n) is 10.0. The van der Waals surface area contributed by atoms with E-state index in [9.17, 15) is 0 Å². The lowest BCUT2D eigenvalue weighted by molar-refractivity contribution is -0.699. The number of hydrogen-bond acceptors (Lipinski definition) is 0. The number of benzene rings is 3. The zero-order valence-corrected chi connectivity index (χ0v) is 16.5. The van der Waals surface area contributed by atoms with Crippen LogP contribution in [-0.2, 0) is 0 Å². The third-order valence-corrected chi connectivity index (χ3v) is 5.38. The molecule has 0 aliphatic heterocycles. The van der Waals surface area contributed by atoms with Gasteiger partial charge in [0.15, 0.2) is 6.04 Å². The van der Waals surface area contributed by atoms with Crippen LogP contribution in [0.15, 0.2) is 103 Å². The van der Waals surface area contributed by atoms with Gasteiger partial charge in [0.25, 0.3) is 0 Å². The fraction of sp³-hybridized carbons (Fsp3) is 0.148. The van der Waals surface area contributed by atoms with Gasteiger partial charge in [0, 0.05) is 29.7 Å². The van der Waals surface area contributed by atoms with Gasteiger partial charge in [-0.1, -0.05) is 73.7 Å². The maximum absolute atomic E-state index is 2.50. The molecule has 0 aliphatic carbocycles. The molecule has 4 rings (SSSR count). The van der Waals surface area contributed by atoms with Gasteiger partial charge in [-0.3, -0.25) is 0 Å². The van der Waals surface area contributed by atoms with Gasteiger partial charge in [0.05, 0.1) is 0 Å². The summed E-state index contributed by atoms with van der Waals surface area (Å²) >= 11 is 0. The molecule has 0 aliphatic rings. The third-order valence-electron chi connectivity index (χ3n) is 5.38. The molecule has 1 nitrogen and oxygen atoms in total. The van der Waals surface area contributed by atoms with Gasteiger partial charge in [-0.25, -0.2) is 0 Å². The van der Waals surface area contributed by atoms with Crippen molar-refractivity contribution in [2.24, 2.45) is 0 Å². The molecule has 3 aromatic carbocycles. The first kappa shape index (κ1) is 18.2. The van der Waals surface area contributed by atoms with Crippen LogP contribution >= 0.6 is 0 Å². The highest BCUT2D eigenvalue weighted by Gasteiger charge is 2.26. The average Bonchev–Trinajstić information content (AvgIpc) is 2.79. The minimum atomic E-state index is 0.398. The number of aromatic nitrogens is 1. The molecule has 0 N–H and O–H groups in total. The van der Waals surface area contributed by atoms with Crippen molar-refractivity contribution in [1.82, 2.24) is 0 Å². The minimum Gasteiger partial charge on any atom is -0.189 e. The Hall–Kier alpha value is -3.19. The summed E-state index contributed by atoms with van der Waals surface area (Å²) in [6.45, 7) is 4.56. The van der Waals surface area contributed by atoms with Crippen molar-refractivity contribution in [2.75, 3.05) is 0 Å². The summed E-state index contributed by atoms with van der Waals surface area (Å²) in [5, 5.41) is 0. The topological polar surface area (TPSA) is 3.88 Å². The van der Waals surface area contributed by atoms with Crippen LogP contribution in [-0.4, -0.2) is 0 Å². The van der Waals surface area contributed by atoms with E-state index in [-0.39, 0.29) is 0 Å². The molecule has 1 heterocycles. The largest absolute Gasteiger partial charge is 0.213 e. The summed E-state index contributed by atoms with van der Waals surface area (Å²) in [6, 6.07) is 37.2. The Bertz CT molecular complexity index is 977. The van der Waals surface area contributed by atoms with Gasteiger partial charge in [-0.15, -0.1) is 0 Å². The molecular formula is C27H26N+. The molecule has 1 atom stereocenters. The lowest BCUT2D eigenvalue weighted by atomic mass is 9.98. The van der Waals surface area contributed by atoms with E-state index in [2.05, 4.69) is 122 Å². The van der Waals surface area contributed by atoms with Crippen LogP contribution in [0.4, 0.5) is 0 Å². The molecular weight excluding hydrogens is 338 g/mol. The second-order valence-electron chi connectivity index (χ2n) is 7.24. The van der Waals surface area contributed by atoms with Crippen molar-refractivity contribution < 1.29 is 4.57 Å². The average molecular weight is 365 g/mol. The second kappa shape index (κ2) is 8.22. The van der Waals surface area contributed by atoms with Crippen molar-refractivity contribution in [3.63, 3.8) is 0 Å². The number of nitrogens with zero attached hydrogens (tertiary/aromatic N) is 1. The van der Waals surface area contributed by atoms with E-state index in [1.165, 1.54) is 33.6 Å². The van der Waals surface area contributed by atoms with Gasteiger partial charge >= 0.3 is 0 Å². The highest BCUT2D eigenvalue weighted by Crippen LogP contribution is 2.30. The van der Waals surface area contributed by atoms with E-state index in [4.69, 9.17) is 0 Å². The lowest BCUT2D eigenvalue weighted by Gasteiger charge is -2.16. The van der Waals surface area contributed by atoms with E-state index >= 15 is 0 Å². The lowest BCUT2D eigenvalue weighted by Crippen LogP contribution is -2.42. The van der Waals surface area contributed by atoms with Gasteiger partial charge in [0.1, 0.15) is 0 Å². The SMILES string of the molecule is CC[C@H](C)[n+]1c(-c2ccccc2)cc(-c2ccccc2)cc1-c1ccccc1. The number of hydrogen-bond donors (Lipinski definition) is 0. The predicted molar refractivity (Wildman–Crippen MR) is 118 cm³/mol. The summed E-state index contributed by atoms with van der Waals surface area (Å²) in [4.78, 5) is 0. The minimum absolute atomic E-state index is 0.398. The van der Waals surface area contributed by atoms with Crippen molar-refractivity contribution >= 4 is 0 Å². The van der Waals surface area contributed by atoms with Crippen molar-refractivity contribution in [1.29, 1.82) is 0 Å². The van der Waals surface area contributed by atoms with Crippen molar-refractivity contribution in [3.8, 4) is 33.6 Å². The molecule has 0 amide bonds. The maximum Gasteiger partial charge on any atom is 0.213 e. The third kappa shape index (κ3) is 3.61. The van der Waals surface area contributed by atoms with E-state index in [1.54, 1.807) is 0 Å². The standard InChI is InChI=1S/C27H26N/c1-3-21(2)28-26(23-15-9-5-10-16-23)19-25(22-13-7-4-8-14-22)20-27(28)24-17-11-6-12-18-24/h4-21H,3H2,1-2H3/q+1/t21-/m0/s1. The van der Waals surface area contributed by atoms with Crippen LogP contribution in [0.25, 0.3) is 33.6 Å². The van der Waals surface area contributed by atoms with Crippen LogP contribution < -0.4 is 4.57 Å². The quantitative estimate of drug-likeness (QED) is 0.337. The Morgan fingerprint density at radius 3 is 1.36 bits per heavy atom. The van der Waals surface area contributed by atoms with Crippen LogP contribution in [0.2, 0.25) is 0 Å². The van der Waals surface area contributed by atoms with Crippen LogP contribution in [0, 0.1) is 0 Å². The number of rotatable bonds is 5. The Morgan fingerprint density at radius 2 is 0.964 bits per heavy atom. The zero-order valence-electron chi connectivity index (χ0n) is 16.5. The highest BCUT2D eigenvalue weighted by molar-refractivity contribution is 5.73. The molecule has 0 saturated heterocycles. The fourth-order valence-corrected chi connectivity index (χ4v) is 3.72. The summed E-state index contributed by atoms with van der Waals surface area (Å²) in [6.07, 6.45) is 1.08. The van der Waals surface area contributed by atoms with Crippen LogP contribution in [0.5, 0.6) is 0 Å². The van der Waals surface area contributed by atoms with Crippen LogP contribution in [0.1, 0.15) is 26.3 Å². The van der Waals surface area contributed by atoms with E-state index < -0.39 is 0 Å². The summed E-state index contributed by atoms with van der Waals surface area (Å²) in [5.41, 5.74) is 7.51. The van der Waals surface area contributed by atoms with Gasteiger partial charge in [-0.2, -0.15) is 4.57 Å². The normalized spacial score (nSPS) is 11.9. The molecule has 0 fully saturated rings. The van der Waals surface area contributed by atoms with Crippen LogP contribution in [0.3, 0.4) is 0 Å². The van der Waals surface area contributed by atoms with Crippen molar-refractivity contribution in [2.45, 2.75) is 26.3 Å². The summed E-state index contributed by atoms with van der Waals surface area (Å²) in [7, 11) is 0. The first-order valence-corrected chi connectivity index (χ1v) is 10.0. The molecule has 4 aromatic rings. The van der Waals surface area contributed by atoms with Gasteiger partial charge < -0.3 is 0 Å². The van der Waals surface area contributed by atoms with E-state index in [0.29, 0.717) is 6.04 Å².